The average Bonchev–Trinajstić information content (AvgIpc) is 3.43. The highest BCUT2D eigenvalue weighted by Gasteiger charge is 2.20. The van der Waals surface area contributed by atoms with Gasteiger partial charge in [0, 0.05) is 25.3 Å². The van der Waals surface area contributed by atoms with Crippen LogP contribution in [0.4, 0.5) is 5.69 Å². The maximum Gasteiger partial charge on any atom is 0.251 e. The Labute approximate surface area is 181 Å². The number of aryl methyl sites for hydroxylation is 2. The summed E-state index contributed by atoms with van der Waals surface area (Å²) < 4.78 is 6.97. The largest absolute Gasteiger partial charge is 0.375 e. The summed E-state index contributed by atoms with van der Waals surface area (Å²) in [6, 6.07) is 14.0. The van der Waals surface area contributed by atoms with Gasteiger partial charge in [-0.3, -0.25) is 9.59 Å². The predicted molar refractivity (Wildman–Crippen MR) is 120 cm³/mol. The van der Waals surface area contributed by atoms with Crippen molar-refractivity contribution < 1.29 is 14.3 Å². The molecular formula is C24H28N4O3. The Kier molecular flexibility index (Phi) is 6.62. The number of ether oxygens (including phenoxy) is 1. The van der Waals surface area contributed by atoms with Gasteiger partial charge in [0.15, 0.2) is 0 Å². The molecule has 2 amide bonds. The third-order valence-electron chi connectivity index (χ3n) is 5.70. The molecule has 1 aliphatic rings. The third-order valence-corrected chi connectivity index (χ3v) is 5.70. The number of methoxy groups -OCH3 is 1. The Morgan fingerprint density at radius 3 is 2.68 bits per heavy atom. The second-order valence-electron chi connectivity index (χ2n) is 8.00. The van der Waals surface area contributed by atoms with Gasteiger partial charge in [0.1, 0.15) is 6.61 Å². The number of carbonyl (C=O) groups excluding carboxylic acids is 2. The van der Waals surface area contributed by atoms with E-state index in [1.807, 2.05) is 22.8 Å². The number of rotatable bonds is 8. The van der Waals surface area contributed by atoms with E-state index in [0.29, 0.717) is 23.3 Å². The van der Waals surface area contributed by atoms with Gasteiger partial charge in [-0.25, -0.2) is 4.98 Å². The van der Waals surface area contributed by atoms with E-state index in [0.717, 1.165) is 37.6 Å². The van der Waals surface area contributed by atoms with E-state index in [-0.39, 0.29) is 24.5 Å². The molecule has 2 N–H and O–H groups in total. The number of aromatic nitrogens is 2. The van der Waals surface area contributed by atoms with Crippen LogP contribution in [0.5, 0.6) is 0 Å². The molecule has 0 unspecified atom stereocenters. The number of hydrogen-bond acceptors (Lipinski definition) is 4. The fourth-order valence-corrected chi connectivity index (χ4v) is 4.16. The van der Waals surface area contributed by atoms with Crippen LogP contribution in [0.2, 0.25) is 0 Å². The molecule has 2 aromatic carbocycles. The molecule has 162 valence electrons. The van der Waals surface area contributed by atoms with Crippen molar-refractivity contribution >= 4 is 28.5 Å². The smallest absolute Gasteiger partial charge is 0.251 e. The summed E-state index contributed by atoms with van der Waals surface area (Å²) in [6.45, 7) is 0.652. The van der Waals surface area contributed by atoms with E-state index in [2.05, 4.69) is 27.8 Å². The van der Waals surface area contributed by atoms with Gasteiger partial charge in [0.05, 0.1) is 23.0 Å². The minimum atomic E-state index is -0.270. The SMILES string of the molecule is COCC(=O)Nc1cc(C(=O)NC2CCCC2)cc2ncn(CCc3ccccc3)c12. The maximum absolute atomic E-state index is 12.8. The Morgan fingerprint density at radius 1 is 1.16 bits per heavy atom. The zero-order chi connectivity index (χ0) is 21.6. The second-order valence-corrected chi connectivity index (χ2v) is 8.00. The molecular weight excluding hydrogens is 392 g/mol. The van der Waals surface area contributed by atoms with E-state index in [1.165, 1.54) is 12.7 Å². The highest BCUT2D eigenvalue weighted by molar-refractivity contribution is 6.05. The average molecular weight is 421 g/mol. The fraction of sp³-hybridized carbons (Fsp3) is 0.375. The Bertz CT molecular complexity index is 1060. The second kappa shape index (κ2) is 9.75. The topological polar surface area (TPSA) is 85.2 Å². The van der Waals surface area contributed by atoms with Crippen molar-refractivity contribution in [3.8, 4) is 0 Å². The molecule has 0 radical (unpaired) electrons. The standard InChI is InChI=1S/C24H28N4O3/c1-31-15-22(29)27-21-14-18(24(30)26-19-9-5-6-10-19)13-20-23(21)28(16-25-20)12-11-17-7-3-2-4-8-17/h2-4,7-8,13-14,16,19H,5-6,9-12,15H2,1H3,(H,26,30)(H,27,29). The summed E-state index contributed by atoms with van der Waals surface area (Å²) in [6.07, 6.45) is 6.92. The maximum atomic E-state index is 12.8. The van der Waals surface area contributed by atoms with E-state index >= 15 is 0 Å². The lowest BCUT2D eigenvalue weighted by Gasteiger charge is -2.14. The van der Waals surface area contributed by atoms with Crippen LogP contribution in [0.1, 0.15) is 41.6 Å². The van der Waals surface area contributed by atoms with Gasteiger partial charge in [-0.1, -0.05) is 43.2 Å². The summed E-state index contributed by atoms with van der Waals surface area (Å²) in [5, 5.41) is 6.00. The van der Waals surface area contributed by atoms with E-state index < -0.39 is 0 Å². The molecule has 1 aromatic heterocycles. The number of benzene rings is 2. The van der Waals surface area contributed by atoms with Crippen LogP contribution in [-0.2, 0) is 22.5 Å². The molecule has 7 nitrogen and oxygen atoms in total. The third kappa shape index (κ3) is 5.11. The van der Waals surface area contributed by atoms with E-state index in [9.17, 15) is 9.59 Å². The van der Waals surface area contributed by atoms with Crippen LogP contribution in [0.3, 0.4) is 0 Å². The van der Waals surface area contributed by atoms with Gasteiger partial charge in [-0.05, 0) is 37.0 Å². The van der Waals surface area contributed by atoms with Crippen LogP contribution in [0.15, 0.2) is 48.8 Å². The molecule has 0 atom stereocenters. The van der Waals surface area contributed by atoms with Crippen molar-refractivity contribution in [2.45, 2.75) is 44.7 Å². The molecule has 4 rings (SSSR count). The lowest BCUT2D eigenvalue weighted by molar-refractivity contribution is -0.119. The first-order chi connectivity index (χ1) is 15.1. The monoisotopic (exact) mass is 420 g/mol. The number of nitrogens with zero attached hydrogens (tertiary/aromatic N) is 2. The van der Waals surface area contributed by atoms with E-state index in [1.54, 1.807) is 18.5 Å². The number of hydrogen-bond donors (Lipinski definition) is 2. The summed E-state index contributed by atoms with van der Waals surface area (Å²) in [7, 11) is 1.48. The van der Waals surface area contributed by atoms with Crippen LogP contribution >= 0.6 is 0 Å². The summed E-state index contributed by atoms with van der Waals surface area (Å²) in [5.41, 5.74) is 3.78. The van der Waals surface area contributed by atoms with Gasteiger partial charge < -0.3 is 19.9 Å². The minimum Gasteiger partial charge on any atom is -0.375 e. The first-order valence-corrected chi connectivity index (χ1v) is 10.8. The molecule has 1 fully saturated rings. The van der Waals surface area contributed by atoms with Gasteiger partial charge in [-0.15, -0.1) is 0 Å². The number of carbonyl (C=O) groups is 2. The molecule has 0 bridgehead atoms. The van der Waals surface area contributed by atoms with Crippen LogP contribution in [0, 0.1) is 0 Å². The lowest BCUT2D eigenvalue weighted by atomic mass is 10.1. The fourth-order valence-electron chi connectivity index (χ4n) is 4.16. The molecule has 0 aliphatic heterocycles. The lowest BCUT2D eigenvalue weighted by Crippen LogP contribution is -2.32. The minimum absolute atomic E-state index is 0.0574. The first-order valence-electron chi connectivity index (χ1n) is 10.8. The van der Waals surface area contributed by atoms with E-state index in [4.69, 9.17) is 4.74 Å². The van der Waals surface area contributed by atoms with Crippen molar-refractivity contribution in [1.82, 2.24) is 14.9 Å². The number of fused-ring (bicyclic) bond motifs is 1. The molecule has 7 heteroatoms. The zero-order valence-corrected chi connectivity index (χ0v) is 17.8. The zero-order valence-electron chi connectivity index (χ0n) is 17.8. The van der Waals surface area contributed by atoms with Crippen LogP contribution in [0.25, 0.3) is 11.0 Å². The van der Waals surface area contributed by atoms with Crippen molar-refractivity contribution in [3.05, 3.63) is 59.9 Å². The normalized spacial score (nSPS) is 14.1. The molecule has 1 aliphatic carbocycles. The van der Waals surface area contributed by atoms with Crippen LogP contribution in [-0.4, -0.2) is 41.1 Å². The Balaban J connectivity index is 1.63. The number of amides is 2. The van der Waals surface area contributed by atoms with Crippen molar-refractivity contribution in [3.63, 3.8) is 0 Å². The molecule has 1 saturated carbocycles. The number of imidazole rings is 1. The van der Waals surface area contributed by atoms with Crippen molar-refractivity contribution in [2.75, 3.05) is 19.0 Å². The Hall–Kier alpha value is -3.19. The van der Waals surface area contributed by atoms with Gasteiger partial charge >= 0.3 is 0 Å². The summed E-state index contributed by atoms with van der Waals surface area (Å²) >= 11 is 0. The molecule has 3 aromatic rings. The summed E-state index contributed by atoms with van der Waals surface area (Å²) in [4.78, 5) is 29.6. The summed E-state index contributed by atoms with van der Waals surface area (Å²) in [5.74, 6) is -0.400. The number of nitrogens with one attached hydrogen (secondary N) is 2. The quantitative estimate of drug-likeness (QED) is 0.584. The molecule has 0 saturated heterocycles. The predicted octanol–water partition coefficient (Wildman–Crippen LogP) is 3.54. The highest BCUT2D eigenvalue weighted by Crippen LogP contribution is 2.26. The molecule has 31 heavy (non-hydrogen) atoms. The van der Waals surface area contributed by atoms with Gasteiger partial charge in [-0.2, -0.15) is 0 Å². The molecule has 0 spiro atoms. The van der Waals surface area contributed by atoms with Gasteiger partial charge in [0.2, 0.25) is 5.91 Å². The van der Waals surface area contributed by atoms with Crippen LogP contribution < -0.4 is 10.6 Å². The Morgan fingerprint density at radius 2 is 1.94 bits per heavy atom. The van der Waals surface area contributed by atoms with Crippen molar-refractivity contribution in [1.29, 1.82) is 0 Å². The molecule has 1 heterocycles. The highest BCUT2D eigenvalue weighted by atomic mass is 16.5. The first kappa shape index (κ1) is 21.1. The number of anilines is 1. The van der Waals surface area contributed by atoms with Crippen molar-refractivity contribution in [2.24, 2.45) is 0 Å². The van der Waals surface area contributed by atoms with Gasteiger partial charge in [0.25, 0.3) is 5.91 Å².